The molecule has 1 aliphatic carbocycles. The zero-order valence-electron chi connectivity index (χ0n) is 32.0. The summed E-state index contributed by atoms with van der Waals surface area (Å²) in [6, 6.07) is 32.6. The molecule has 4 N–H and O–H groups in total. The van der Waals surface area contributed by atoms with Crippen molar-refractivity contribution in [3.63, 3.8) is 0 Å². The van der Waals surface area contributed by atoms with Crippen molar-refractivity contribution in [2.24, 2.45) is 11.8 Å². The summed E-state index contributed by atoms with van der Waals surface area (Å²) in [5, 5.41) is 0. The highest BCUT2D eigenvalue weighted by Gasteiger charge is 2.25. The highest BCUT2D eigenvalue weighted by atomic mass is 14.5. The van der Waals surface area contributed by atoms with Crippen LogP contribution in [0.5, 0.6) is 0 Å². The van der Waals surface area contributed by atoms with Crippen LogP contribution in [0.25, 0.3) is 0 Å². The molecule has 4 aromatic carbocycles. The van der Waals surface area contributed by atoms with E-state index in [4.69, 9.17) is 11.5 Å². The first-order valence-corrected chi connectivity index (χ1v) is 20.2. The van der Waals surface area contributed by atoms with E-state index in [1.165, 1.54) is 122 Å². The molecule has 3 unspecified atom stereocenters. The molecule has 1 fully saturated rings. The third kappa shape index (κ3) is 9.62. The lowest BCUT2D eigenvalue weighted by molar-refractivity contribution is 0.225. The van der Waals surface area contributed by atoms with E-state index in [-0.39, 0.29) is 0 Å². The van der Waals surface area contributed by atoms with Crippen LogP contribution in [-0.4, -0.2) is 0 Å². The molecule has 0 saturated heterocycles. The number of nitrogens with two attached hydrogens (primary N) is 2. The fraction of sp³-hybridized carbons (Fsp3) is 0.500. The Balaban J connectivity index is 1.46. The fourth-order valence-electron chi connectivity index (χ4n) is 9.21. The Labute approximate surface area is 305 Å². The molecule has 0 aliphatic heterocycles. The van der Waals surface area contributed by atoms with Gasteiger partial charge in [-0.3, -0.25) is 0 Å². The summed E-state index contributed by atoms with van der Waals surface area (Å²) in [6.45, 7) is 11.5. The van der Waals surface area contributed by atoms with Crippen molar-refractivity contribution in [3.05, 3.63) is 129 Å². The Hall–Kier alpha value is -3.52. The van der Waals surface area contributed by atoms with Gasteiger partial charge in [-0.25, -0.2) is 0 Å². The van der Waals surface area contributed by atoms with Crippen molar-refractivity contribution in [2.45, 2.75) is 142 Å². The Bertz CT molecular complexity index is 1490. The van der Waals surface area contributed by atoms with Crippen molar-refractivity contribution >= 4 is 11.4 Å². The monoisotopic (exact) mass is 671 g/mol. The number of hydrogen-bond donors (Lipinski definition) is 2. The van der Waals surface area contributed by atoms with E-state index >= 15 is 0 Å². The number of aryl methyl sites for hydroxylation is 2. The van der Waals surface area contributed by atoms with Crippen molar-refractivity contribution in [1.82, 2.24) is 0 Å². The maximum absolute atomic E-state index is 6.17. The first-order chi connectivity index (χ1) is 24.3. The average Bonchev–Trinajstić information content (AvgIpc) is 3.13. The summed E-state index contributed by atoms with van der Waals surface area (Å²) >= 11 is 0. The lowest BCUT2D eigenvalue weighted by atomic mass is 9.74. The summed E-state index contributed by atoms with van der Waals surface area (Å²) in [7, 11) is 0. The lowest BCUT2D eigenvalue weighted by Gasteiger charge is -2.31. The van der Waals surface area contributed by atoms with Gasteiger partial charge in [-0.15, -0.1) is 0 Å². The van der Waals surface area contributed by atoms with E-state index in [0.29, 0.717) is 17.8 Å². The highest BCUT2D eigenvalue weighted by Crippen LogP contribution is 2.40. The van der Waals surface area contributed by atoms with E-state index < -0.39 is 0 Å². The zero-order chi connectivity index (χ0) is 35.5. The Kier molecular flexibility index (Phi) is 14.1. The van der Waals surface area contributed by atoms with Gasteiger partial charge in [0.05, 0.1) is 0 Å². The first-order valence-electron chi connectivity index (χ1n) is 20.2. The van der Waals surface area contributed by atoms with Gasteiger partial charge in [0, 0.05) is 29.1 Å². The van der Waals surface area contributed by atoms with Crippen LogP contribution in [0, 0.1) is 25.7 Å². The predicted octanol–water partition coefficient (Wildman–Crippen LogP) is 13.6. The molecule has 268 valence electrons. The number of benzene rings is 4. The molecule has 0 bridgehead atoms. The van der Waals surface area contributed by atoms with E-state index in [1.54, 1.807) is 0 Å². The summed E-state index contributed by atoms with van der Waals surface area (Å²) in [4.78, 5) is 0. The lowest BCUT2D eigenvalue weighted by Crippen LogP contribution is -2.18. The van der Waals surface area contributed by atoms with E-state index in [2.05, 4.69) is 120 Å². The van der Waals surface area contributed by atoms with Gasteiger partial charge in [0.2, 0.25) is 0 Å². The quantitative estimate of drug-likeness (QED) is 0.110. The minimum Gasteiger partial charge on any atom is -0.399 e. The molecule has 0 amide bonds. The average molecular weight is 671 g/mol. The van der Waals surface area contributed by atoms with Crippen LogP contribution >= 0.6 is 0 Å². The number of hydrogen-bond acceptors (Lipinski definition) is 2. The van der Waals surface area contributed by atoms with Crippen LogP contribution in [0.1, 0.15) is 173 Å². The molecule has 0 aromatic heterocycles. The van der Waals surface area contributed by atoms with Crippen LogP contribution in [0.3, 0.4) is 0 Å². The molecule has 2 nitrogen and oxygen atoms in total. The second-order valence-electron chi connectivity index (χ2n) is 15.7. The molecule has 5 rings (SSSR count). The van der Waals surface area contributed by atoms with Gasteiger partial charge in [0.1, 0.15) is 0 Å². The smallest absolute Gasteiger partial charge is 0.0316 e. The molecule has 0 radical (unpaired) electrons. The fourth-order valence-corrected chi connectivity index (χ4v) is 9.21. The maximum Gasteiger partial charge on any atom is 0.0316 e. The third-order valence-electron chi connectivity index (χ3n) is 12.2. The van der Waals surface area contributed by atoms with Crippen LogP contribution in [-0.2, 0) is 0 Å². The molecule has 0 heterocycles. The predicted molar refractivity (Wildman–Crippen MR) is 218 cm³/mol. The van der Waals surface area contributed by atoms with E-state index in [9.17, 15) is 0 Å². The summed E-state index contributed by atoms with van der Waals surface area (Å²) in [5.74, 6) is 2.93. The Morgan fingerprint density at radius 1 is 0.520 bits per heavy atom. The van der Waals surface area contributed by atoms with Gasteiger partial charge in [0.15, 0.2) is 0 Å². The Morgan fingerprint density at radius 3 is 1.32 bits per heavy atom. The second kappa shape index (κ2) is 18.6. The van der Waals surface area contributed by atoms with Gasteiger partial charge in [-0.05, 0) is 120 Å². The van der Waals surface area contributed by atoms with Crippen LogP contribution < -0.4 is 11.5 Å². The van der Waals surface area contributed by atoms with Crippen LogP contribution in [0.2, 0.25) is 0 Å². The molecule has 3 atom stereocenters. The molecular weight excluding hydrogens is 605 g/mol. The van der Waals surface area contributed by atoms with Gasteiger partial charge in [0.25, 0.3) is 0 Å². The van der Waals surface area contributed by atoms with Gasteiger partial charge in [-0.1, -0.05) is 146 Å². The number of unbranched alkanes of at least 4 members (excludes halogenated alkanes) is 2. The SMILES string of the molecule is CCCCC(c1ccc(C(CCC(CC)C2CCCCC2)c2ccc(C(CCCC)c3ccc(N)cc3C)cc2)cc1)c1ccc(N)cc1C. The summed E-state index contributed by atoms with van der Waals surface area (Å²) < 4.78 is 0. The molecule has 50 heavy (non-hydrogen) atoms. The molecule has 0 spiro atoms. The summed E-state index contributed by atoms with van der Waals surface area (Å²) in [6.07, 6.45) is 18.1. The molecule has 2 heteroatoms. The van der Waals surface area contributed by atoms with Crippen molar-refractivity contribution in [3.8, 4) is 0 Å². The minimum absolute atomic E-state index is 0.398. The van der Waals surface area contributed by atoms with Crippen molar-refractivity contribution in [2.75, 3.05) is 11.5 Å². The largest absolute Gasteiger partial charge is 0.399 e. The maximum atomic E-state index is 6.17. The van der Waals surface area contributed by atoms with Gasteiger partial charge >= 0.3 is 0 Å². The summed E-state index contributed by atoms with van der Waals surface area (Å²) in [5.41, 5.74) is 25.2. The molecular formula is C48H66N2. The normalized spacial score (nSPS) is 16.2. The third-order valence-corrected chi connectivity index (χ3v) is 12.2. The number of rotatable bonds is 17. The van der Waals surface area contributed by atoms with Gasteiger partial charge < -0.3 is 11.5 Å². The standard InChI is InChI=1S/C48H66N2/c1-6-9-16-47(44-30-27-42(49)32-34(44)4)40-22-18-38(19-23-40)46(29-26-36(8-3)37-14-12-11-13-15-37)39-20-24-41(25-21-39)48(17-10-7-2)45-31-28-43(50)33-35(45)5/h18-25,27-28,30-33,36-37,46-48H,6-17,26,29,49-50H2,1-5H3. The van der Waals surface area contributed by atoms with E-state index in [1.807, 2.05) is 0 Å². The van der Waals surface area contributed by atoms with Crippen molar-refractivity contribution < 1.29 is 0 Å². The van der Waals surface area contributed by atoms with E-state index in [0.717, 1.165) is 36.1 Å². The first kappa shape index (κ1) is 37.7. The molecule has 4 aromatic rings. The van der Waals surface area contributed by atoms with Crippen molar-refractivity contribution in [1.29, 1.82) is 0 Å². The zero-order valence-corrected chi connectivity index (χ0v) is 32.0. The molecule has 1 aliphatic rings. The van der Waals surface area contributed by atoms with Gasteiger partial charge in [-0.2, -0.15) is 0 Å². The Morgan fingerprint density at radius 2 is 0.940 bits per heavy atom. The minimum atomic E-state index is 0.398. The number of anilines is 2. The van der Waals surface area contributed by atoms with Crippen LogP contribution in [0.15, 0.2) is 84.9 Å². The number of nitrogen functional groups attached to an aromatic ring is 2. The topological polar surface area (TPSA) is 52.0 Å². The highest BCUT2D eigenvalue weighted by molar-refractivity contribution is 5.50. The second-order valence-corrected chi connectivity index (χ2v) is 15.7. The molecule has 1 saturated carbocycles. The van der Waals surface area contributed by atoms with Crippen LogP contribution in [0.4, 0.5) is 11.4 Å².